The summed E-state index contributed by atoms with van der Waals surface area (Å²) in [5, 5.41) is 13.8. The molecule has 3 aromatic heterocycles. The second-order valence-corrected chi connectivity index (χ2v) is 10.7. The Morgan fingerprint density at radius 1 is 1.02 bits per heavy atom. The maximum Gasteiger partial charge on any atom is 0.266 e. The van der Waals surface area contributed by atoms with Crippen LogP contribution in [0, 0.1) is 0 Å². The fraction of sp³-hybridized carbons (Fsp3) is 0.467. The van der Waals surface area contributed by atoms with E-state index in [9.17, 15) is 4.79 Å². The average Bonchev–Trinajstić information content (AvgIpc) is 3.35. The van der Waals surface area contributed by atoms with E-state index in [2.05, 4.69) is 62.2 Å². The van der Waals surface area contributed by atoms with Crippen LogP contribution in [0.5, 0.6) is 5.88 Å². The SMILES string of the molecule is CCNc1cc2c(cn1)c(-c1ccc(CN3CCOCC3)cc1)nn2C1CCC(Oc2ccc(=O)n(C)n2)CC1. The van der Waals surface area contributed by atoms with Crippen LogP contribution in [-0.4, -0.2) is 68.4 Å². The Bertz CT molecular complexity index is 1500. The maximum atomic E-state index is 11.7. The molecule has 1 aliphatic heterocycles. The topological polar surface area (TPSA) is 99.3 Å². The summed E-state index contributed by atoms with van der Waals surface area (Å²) in [5.41, 5.74) is 4.33. The van der Waals surface area contributed by atoms with Gasteiger partial charge >= 0.3 is 0 Å². The molecule has 40 heavy (non-hydrogen) atoms. The molecular formula is C30H37N7O3. The molecule has 0 bridgehead atoms. The first kappa shape index (κ1) is 26.5. The first-order chi connectivity index (χ1) is 19.6. The lowest BCUT2D eigenvalue weighted by Gasteiger charge is -2.29. The van der Waals surface area contributed by atoms with Gasteiger partial charge < -0.3 is 14.8 Å². The molecule has 0 spiro atoms. The minimum absolute atomic E-state index is 0.0699. The van der Waals surface area contributed by atoms with Gasteiger partial charge in [0.1, 0.15) is 17.6 Å². The van der Waals surface area contributed by atoms with Gasteiger partial charge in [0.05, 0.1) is 24.8 Å². The lowest BCUT2D eigenvalue weighted by atomic mass is 9.93. The van der Waals surface area contributed by atoms with Crippen molar-refractivity contribution in [3.63, 3.8) is 0 Å². The molecule has 1 saturated carbocycles. The predicted molar refractivity (Wildman–Crippen MR) is 155 cm³/mol. The van der Waals surface area contributed by atoms with Crippen LogP contribution in [0.4, 0.5) is 5.82 Å². The third-order valence-corrected chi connectivity index (χ3v) is 7.90. The van der Waals surface area contributed by atoms with Gasteiger partial charge in [0.15, 0.2) is 0 Å². The first-order valence-corrected chi connectivity index (χ1v) is 14.3. The highest BCUT2D eigenvalue weighted by atomic mass is 16.5. The molecule has 2 aliphatic rings. The largest absolute Gasteiger partial charge is 0.473 e. The minimum Gasteiger partial charge on any atom is -0.473 e. The summed E-state index contributed by atoms with van der Waals surface area (Å²) in [6.07, 6.45) is 5.71. The van der Waals surface area contributed by atoms with Crippen LogP contribution in [0.25, 0.3) is 22.2 Å². The van der Waals surface area contributed by atoms with Crippen molar-refractivity contribution < 1.29 is 9.47 Å². The monoisotopic (exact) mass is 543 g/mol. The zero-order valence-electron chi connectivity index (χ0n) is 23.3. The van der Waals surface area contributed by atoms with Crippen LogP contribution in [0.3, 0.4) is 0 Å². The fourth-order valence-electron chi connectivity index (χ4n) is 5.71. The Hall–Kier alpha value is -3.76. The van der Waals surface area contributed by atoms with Crippen molar-refractivity contribution in [3.8, 4) is 17.1 Å². The van der Waals surface area contributed by atoms with Crippen molar-refractivity contribution in [1.29, 1.82) is 0 Å². The van der Waals surface area contributed by atoms with Crippen LogP contribution in [-0.2, 0) is 18.3 Å². The highest BCUT2D eigenvalue weighted by molar-refractivity contribution is 5.94. The molecule has 0 unspecified atom stereocenters. The first-order valence-electron chi connectivity index (χ1n) is 14.3. The zero-order valence-corrected chi connectivity index (χ0v) is 23.3. The Kier molecular flexibility index (Phi) is 7.79. The van der Waals surface area contributed by atoms with Gasteiger partial charge in [0, 0.05) is 68.6 Å². The molecule has 6 rings (SSSR count). The Balaban J connectivity index is 1.22. The van der Waals surface area contributed by atoms with Gasteiger partial charge in [-0.25, -0.2) is 9.67 Å². The molecule has 210 valence electrons. The van der Waals surface area contributed by atoms with Crippen molar-refractivity contribution in [3.05, 3.63) is 64.6 Å². The predicted octanol–water partition coefficient (Wildman–Crippen LogP) is 4.02. The van der Waals surface area contributed by atoms with Gasteiger partial charge in [-0.3, -0.25) is 14.4 Å². The average molecular weight is 544 g/mol. The number of nitrogens with one attached hydrogen (secondary N) is 1. The Morgan fingerprint density at radius 3 is 2.52 bits per heavy atom. The normalized spacial score (nSPS) is 20.1. The van der Waals surface area contributed by atoms with E-state index in [0.29, 0.717) is 5.88 Å². The van der Waals surface area contributed by atoms with Crippen LogP contribution < -0.4 is 15.6 Å². The molecule has 0 radical (unpaired) electrons. The van der Waals surface area contributed by atoms with E-state index in [4.69, 9.17) is 14.6 Å². The van der Waals surface area contributed by atoms with E-state index in [1.807, 2.05) is 6.20 Å². The lowest BCUT2D eigenvalue weighted by Crippen LogP contribution is -2.35. The summed E-state index contributed by atoms with van der Waals surface area (Å²) in [7, 11) is 1.64. The van der Waals surface area contributed by atoms with E-state index in [1.54, 1.807) is 13.1 Å². The second kappa shape index (κ2) is 11.8. The van der Waals surface area contributed by atoms with Gasteiger partial charge in [-0.2, -0.15) is 5.10 Å². The number of aromatic nitrogens is 5. The summed E-state index contributed by atoms with van der Waals surface area (Å²) in [6, 6.07) is 14.3. The number of rotatable bonds is 8. The van der Waals surface area contributed by atoms with Crippen LogP contribution in [0.2, 0.25) is 0 Å². The Labute approximate surface area is 233 Å². The van der Waals surface area contributed by atoms with Crippen molar-refractivity contribution >= 4 is 16.7 Å². The molecule has 10 heteroatoms. The maximum absolute atomic E-state index is 11.7. The summed E-state index contributed by atoms with van der Waals surface area (Å²) < 4.78 is 15.1. The van der Waals surface area contributed by atoms with Gasteiger partial charge in [-0.05, 0) is 38.2 Å². The third-order valence-electron chi connectivity index (χ3n) is 7.90. The summed E-state index contributed by atoms with van der Waals surface area (Å²) >= 11 is 0. The number of hydrogen-bond acceptors (Lipinski definition) is 8. The number of nitrogens with zero attached hydrogens (tertiary/aromatic N) is 6. The number of fused-ring (bicyclic) bond motifs is 1. The quantitative estimate of drug-likeness (QED) is 0.356. The smallest absolute Gasteiger partial charge is 0.266 e. The molecule has 2 fully saturated rings. The van der Waals surface area contributed by atoms with E-state index < -0.39 is 0 Å². The van der Waals surface area contributed by atoms with E-state index in [1.165, 1.54) is 16.3 Å². The summed E-state index contributed by atoms with van der Waals surface area (Å²) in [5.74, 6) is 1.36. The molecule has 10 nitrogen and oxygen atoms in total. The van der Waals surface area contributed by atoms with Gasteiger partial charge in [0.25, 0.3) is 5.56 Å². The summed E-state index contributed by atoms with van der Waals surface area (Å²) in [6.45, 7) is 7.39. The van der Waals surface area contributed by atoms with Gasteiger partial charge in [-0.1, -0.05) is 24.3 Å². The van der Waals surface area contributed by atoms with Gasteiger partial charge in [0.2, 0.25) is 5.88 Å². The standard InChI is InChI=1S/C30H37N7O3/c1-3-31-27-18-26-25(19-32-27)30(22-6-4-21(5-7-22)20-36-14-16-39-17-15-36)34-37(26)23-8-10-24(11-9-23)40-28-12-13-29(38)35(2)33-28/h4-7,12-13,18-19,23-24H,3,8-11,14-17,20H2,1-2H3,(H,31,32). The van der Waals surface area contributed by atoms with E-state index in [0.717, 1.165) is 93.1 Å². The van der Waals surface area contributed by atoms with Crippen molar-refractivity contribution in [2.45, 2.75) is 51.3 Å². The van der Waals surface area contributed by atoms with E-state index >= 15 is 0 Å². The van der Waals surface area contributed by atoms with Crippen molar-refractivity contribution in [1.82, 2.24) is 29.4 Å². The number of ether oxygens (including phenoxy) is 2. The van der Waals surface area contributed by atoms with Crippen LogP contribution in [0.1, 0.15) is 44.2 Å². The molecule has 1 aliphatic carbocycles. The number of anilines is 1. The molecule has 1 aromatic carbocycles. The fourth-order valence-corrected chi connectivity index (χ4v) is 5.71. The van der Waals surface area contributed by atoms with Crippen LogP contribution in [0.15, 0.2) is 53.5 Å². The molecule has 1 N–H and O–H groups in total. The molecule has 4 heterocycles. The number of benzene rings is 1. The molecular weight excluding hydrogens is 506 g/mol. The highest BCUT2D eigenvalue weighted by Gasteiger charge is 2.27. The second-order valence-electron chi connectivity index (χ2n) is 10.7. The molecule has 1 saturated heterocycles. The molecule has 4 aromatic rings. The lowest BCUT2D eigenvalue weighted by molar-refractivity contribution is 0.0342. The Morgan fingerprint density at radius 2 is 1.80 bits per heavy atom. The number of aryl methyl sites for hydroxylation is 1. The van der Waals surface area contributed by atoms with E-state index in [-0.39, 0.29) is 17.7 Å². The van der Waals surface area contributed by atoms with Crippen LogP contribution >= 0.6 is 0 Å². The number of pyridine rings is 1. The third kappa shape index (κ3) is 5.73. The van der Waals surface area contributed by atoms with Crippen molar-refractivity contribution in [2.24, 2.45) is 7.05 Å². The summed E-state index contributed by atoms with van der Waals surface area (Å²) in [4.78, 5) is 18.8. The zero-order chi connectivity index (χ0) is 27.5. The number of hydrogen-bond donors (Lipinski definition) is 1. The minimum atomic E-state index is -0.143. The van der Waals surface area contributed by atoms with Crippen molar-refractivity contribution in [2.75, 3.05) is 38.2 Å². The van der Waals surface area contributed by atoms with Gasteiger partial charge in [-0.15, -0.1) is 5.10 Å². The molecule has 0 amide bonds. The molecule has 0 atom stereocenters. The highest BCUT2D eigenvalue weighted by Crippen LogP contribution is 2.36. The number of morpholine rings is 1.